The van der Waals surface area contributed by atoms with Gasteiger partial charge in [-0.05, 0) is 57.9 Å². The summed E-state index contributed by atoms with van der Waals surface area (Å²) < 4.78 is 0. The number of halogens is 1. The van der Waals surface area contributed by atoms with Crippen LogP contribution in [-0.2, 0) is 0 Å². The molecule has 1 saturated heterocycles. The third-order valence-corrected chi connectivity index (χ3v) is 4.83. The standard InChI is InChI=1S/C19H40N4O.HI/c1-5-20-19(22-15-18(9-13-24)14-16(2)3)21-10-12-23-11-7-6-8-17(23)4;/h16-18,24H,5-15H2,1-4H3,(H2,20,21,22);1H. The summed E-state index contributed by atoms with van der Waals surface area (Å²) in [6.45, 7) is 14.1. The first-order valence-corrected chi connectivity index (χ1v) is 9.93. The normalized spacial score (nSPS) is 20.2. The van der Waals surface area contributed by atoms with Gasteiger partial charge in [0, 0.05) is 38.8 Å². The molecule has 0 amide bonds. The van der Waals surface area contributed by atoms with E-state index in [1.165, 1.54) is 25.8 Å². The minimum Gasteiger partial charge on any atom is -0.396 e. The average Bonchev–Trinajstić information content (AvgIpc) is 2.54. The van der Waals surface area contributed by atoms with Crippen LogP contribution in [-0.4, -0.2) is 61.3 Å². The zero-order valence-corrected chi connectivity index (χ0v) is 19.1. The highest BCUT2D eigenvalue weighted by Gasteiger charge is 2.17. The molecular weight excluding hydrogens is 427 g/mol. The fourth-order valence-corrected chi connectivity index (χ4v) is 3.50. The van der Waals surface area contributed by atoms with E-state index in [2.05, 4.69) is 43.2 Å². The van der Waals surface area contributed by atoms with Gasteiger partial charge in [-0.2, -0.15) is 0 Å². The Morgan fingerprint density at radius 1 is 1.28 bits per heavy atom. The largest absolute Gasteiger partial charge is 0.396 e. The third kappa shape index (κ3) is 11.3. The number of hydrogen-bond donors (Lipinski definition) is 3. The third-order valence-electron chi connectivity index (χ3n) is 4.83. The first-order valence-electron chi connectivity index (χ1n) is 9.93. The maximum absolute atomic E-state index is 9.24. The lowest BCUT2D eigenvalue weighted by atomic mass is 9.94. The number of likely N-dealkylation sites (tertiary alicyclic amines) is 1. The van der Waals surface area contributed by atoms with Gasteiger partial charge in [-0.1, -0.05) is 20.3 Å². The second kappa shape index (κ2) is 15.0. The molecule has 2 atom stereocenters. The maximum atomic E-state index is 9.24. The lowest BCUT2D eigenvalue weighted by Gasteiger charge is -2.33. The Bertz CT molecular complexity index is 352. The Morgan fingerprint density at radius 3 is 2.64 bits per heavy atom. The highest BCUT2D eigenvalue weighted by Crippen LogP contribution is 2.16. The lowest BCUT2D eigenvalue weighted by Crippen LogP contribution is -2.45. The second-order valence-corrected chi connectivity index (χ2v) is 7.54. The molecular formula is C19H41IN4O. The van der Waals surface area contributed by atoms with E-state index < -0.39 is 0 Å². The SMILES string of the molecule is CCNC(=NCC(CCO)CC(C)C)NCCN1CCCCC1C.I. The molecule has 0 aliphatic carbocycles. The van der Waals surface area contributed by atoms with Crippen LogP contribution < -0.4 is 10.6 Å². The molecule has 0 bridgehead atoms. The summed E-state index contributed by atoms with van der Waals surface area (Å²) in [5, 5.41) is 16.1. The summed E-state index contributed by atoms with van der Waals surface area (Å²) in [6.07, 6.45) is 5.99. The molecule has 5 nitrogen and oxygen atoms in total. The molecule has 0 aromatic rings. The van der Waals surface area contributed by atoms with E-state index in [0.29, 0.717) is 17.9 Å². The Morgan fingerprint density at radius 2 is 2.04 bits per heavy atom. The molecule has 0 saturated carbocycles. The van der Waals surface area contributed by atoms with Crippen LogP contribution in [0.25, 0.3) is 0 Å². The molecule has 1 fully saturated rings. The molecule has 1 heterocycles. The maximum Gasteiger partial charge on any atom is 0.191 e. The van der Waals surface area contributed by atoms with Crippen molar-refractivity contribution in [2.45, 2.75) is 65.8 Å². The van der Waals surface area contributed by atoms with Gasteiger partial charge in [0.2, 0.25) is 0 Å². The summed E-state index contributed by atoms with van der Waals surface area (Å²) in [5.74, 6) is 2.02. The van der Waals surface area contributed by atoms with Crippen LogP contribution in [0.4, 0.5) is 0 Å². The predicted octanol–water partition coefficient (Wildman–Crippen LogP) is 3.08. The Hall–Kier alpha value is -0.0800. The van der Waals surface area contributed by atoms with E-state index in [-0.39, 0.29) is 30.6 Å². The number of hydrogen-bond acceptors (Lipinski definition) is 3. The van der Waals surface area contributed by atoms with E-state index >= 15 is 0 Å². The molecule has 0 spiro atoms. The number of nitrogens with one attached hydrogen (secondary N) is 2. The molecule has 3 N–H and O–H groups in total. The van der Waals surface area contributed by atoms with Gasteiger partial charge in [0.15, 0.2) is 5.96 Å². The average molecular weight is 468 g/mol. The quantitative estimate of drug-likeness (QED) is 0.262. The van der Waals surface area contributed by atoms with Crippen molar-refractivity contribution in [1.29, 1.82) is 0 Å². The van der Waals surface area contributed by atoms with Crippen molar-refractivity contribution in [3.05, 3.63) is 0 Å². The Labute approximate surface area is 172 Å². The fraction of sp³-hybridized carbons (Fsp3) is 0.947. The Kier molecular flexibility index (Phi) is 15.0. The number of guanidine groups is 1. The number of nitrogens with zero attached hydrogens (tertiary/aromatic N) is 2. The summed E-state index contributed by atoms with van der Waals surface area (Å²) in [5.41, 5.74) is 0. The van der Waals surface area contributed by atoms with Gasteiger partial charge < -0.3 is 15.7 Å². The number of rotatable bonds is 10. The van der Waals surface area contributed by atoms with Gasteiger partial charge in [0.05, 0.1) is 0 Å². The van der Waals surface area contributed by atoms with Crippen LogP contribution in [0.5, 0.6) is 0 Å². The highest BCUT2D eigenvalue weighted by atomic mass is 127. The van der Waals surface area contributed by atoms with E-state index in [1.807, 2.05) is 0 Å². The van der Waals surface area contributed by atoms with E-state index in [0.717, 1.165) is 45.0 Å². The fourth-order valence-electron chi connectivity index (χ4n) is 3.50. The van der Waals surface area contributed by atoms with E-state index in [9.17, 15) is 5.11 Å². The molecule has 1 aliphatic rings. The number of aliphatic hydroxyl groups excluding tert-OH is 1. The van der Waals surface area contributed by atoms with Crippen LogP contribution in [0.2, 0.25) is 0 Å². The van der Waals surface area contributed by atoms with Crippen LogP contribution in [0.15, 0.2) is 4.99 Å². The molecule has 25 heavy (non-hydrogen) atoms. The number of piperidine rings is 1. The number of aliphatic hydroxyl groups is 1. The van der Waals surface area contributed by atoms with Crippen LogP contribution in [0.1, 0.15) is 59.8 Å². The summed E-state index contributed by atoms with van der Waals surface area (Å²) >= 11 is 0. The van der Waals surface area contributed by atoms with Gasteiger partial charge in [-0.25, -0.2) is 0 Å². The zero-order valence-electron chi connectivity index (χ0n) is 16.8. The van der Waals surface area contributed by atoms with Crippen molar-refractivity contribution >= 4 is 29.9 Å². The van der Waals surface area contributed by atoms with Crippen molar-refractivity contribution in [1.82, 2.24) is 15.5 Å². The van der Waals surface area contributed by atoms with E-state index in [1.54, 1.807) is 0 Å². The summed E-state index contributed by atoms with van der Waals surface area (Å²) in [7, 11) is 0. The Balaban J connectivity index is 0.00000576. The molecule has 6 heteroatoms. The zero-order chi connectivity index (χ0) is 17.8. The first kappa shape index (κ1) is 24.9. The molecule has 2 unspecified atom stereocenters. The number of aliphatic imine (C=N–C) groups is 1. The molecule has 0 aromatic carbocycles. The van der Waals surface area contributed by atoms with Crippen molar-refractivity contribution in [3.63, 3.8) is 0 Å². The van der Waals surface area contributed by atoms with Gasteiger partial charge in [0.25, 0.3) is 0 Å². The van der Waals surface area contributed by atoms with Crippen molar-refractivity contribution < 1.29 is 5.11 Å². The minimum atomic E-state index is 0. The molecule has 0 radical (unpaired) electrons. The van der Waals surface area contributed by atoms with Gasteiger partial charge >= 0.3 is 0 Å². The monoisotopic (exact) mass is 468 g/mol. The van der Waals surface area contributed by atoms with Crippen LogP contribution in [0.3, 0.4) is 0 Å². The topological polar surface area (TPSA) is 59.9 Å². The van der Waals surface area contributed by atoms with E-state index in [4.69, 9.17) is 4.99 Å². The molecule has 1 aliphatic heterocycles. The first-order chi connectivity index (χ1) is 11.6. The smallest absolute Gasteiger partial charge is 0.191 e. The highest BCUT2D eigenvalue weighted by molar-refractivity contribution is 14.0. The van der Waals surface area contributed by atoms with Crippen molar-refractivity contribution in [2.75, 3.05) is 39.3 Å². The van der Waals surface area contributed by atoms with Gasteiger partial charge in [0.1, 0.15) is 0 Å². The molecule has 150 valence electrons. The lowest BCUT2D eigenvalue weighted by molar-refractivity contribution is 0.163. The van der Waals surface area contributed by atoms with Crippen molar-refractivity contribution in [3.8, 4) is 0 Å². The van der Waals surface area contributed by atoms with Crippen LogP contribution in [0, 0.1) is 11.8 Å². The van der Waals surface area contributed by atoms with Crippen molar-refractivity contribution in [2.24, 2.45) is 16.8 Å². The summed E-state index contributed by atoms with van der Waals surface area (Å²) in [6, 6.07) is 0.708. The summed E-state index contributed by atoms with van der Waals surface area (Å²) in [4.78, 5) is 7.33. The van der Waals surface area contributed by atoms with Gasteiger partial charge in [-0.15, -0.1) is 24.0 Å². The minimum absolute atomic E-state index is 0. The van der Waals surface area contributed by atoms with Gasteiger partial charge in [-0.3, -0.25) is 9.89 Å². The second-order valence-electron chi connectivity index (χ2n) is 7.54. The molecule has 0 aromatic heterocycles. The van der Waals surface area contributed by atoms with Crippen LogP contribution >= 0.6 is 24.0 Å². The molecule has 1 rings (SSSR count). The predicted molar refractivity (Wildman–Crippen MR) is 119 cm³/mol.